The van der Waals surface area contributed by atoms with Crippen molar-refractivity contribution in [3.63, 3.8) is 0 Å². The van der Waals surface area contributed by atoms with E-state index in [4.69, 9.17) is 9.47 Å². The number of benzene rings is 3. The molecule has 0 aromatic heterocycles. The standard InChI is InChI=1S/C28H33N3O4/c1-34-17-8-16-29-28(33)23-12-5-14-25(19-23)31-27(32)21-30-24-13-6-15-26(20-24)35-18-7-11-22-9-3-2-4-10-22/h2-6,9-10,12-15,19-20,30H,7-8,11,16-18,21H2,1H3,(H,29,33)(H,31,32). The van der Waals surface area contributed by atoms with Crippen LogP contribution in [0.15, 0.2) is 78.9 Å². The average molecular weight is 476 g/mol. The number of carbonyl (C=O) groups excluding carboxylic acids is 2. The summed E-state index contributed by atoms with van der Waals surface area (Å²) in [5.74, 6) is 0.362. The van der Waals surface area contributed by atoms with Crippen LogP contribution in [-0.2, 0) is 16.0 Å². The van der Waals surface area contributed by atoms with Crippen LogP contribution >= 0.6 is 0 Å². The number of anilines is 2. The van der Waals surface area contributed by atoms with Crippen molar-refractivity contribution in [1.29, 1.82) is 0 Å². The molecular formula is C28H33N3O4. The van der Waals surface area contributed by atoms with Crippen LogP contribution in [0.2, 0.25) is 0 Å². The second-order valence-corrected chi connectivity index (χ2v) is 8.05. The molecule has 35 heavy (non-hydrogen) atoms. The monoisotopic (exact) mass is 475 g/mol. The van der Waals surface area contributed by atoms with Gasteiger partial charge < -0.3 is 25.4 Å². The third-order valence-electron chi connectivity index (χ3n) is 5.23. The van der Waals surface area contributed by atoms with Gasteiger partial charge >= 0.3 is 0 Å². The van der Waals surface area contributed by atoms with Crippen molar-refractivity contribution in [2.24, 2.45) is 0 Å². The molecule has 0 bridgehead atoms. The summed E-state index contributed by atoms with van der Waals surface area (Å²) in [5, 5.41) is 8.78. The highest BCUT2D eigenvalue weighted by atomic mass is 16.5. The summed E-state index contributed by atoms with van der Waals surface area (Å²) in [4.78, 5) is 24.7. The summed E-state index contributed by atoms with van der Waals surface area (Å²) in [6.45, 7) is 1.83. The number of methoxy groups -OCH3 is 1. The predicted molar refractivity (Wildman–Crippen MR) is 139 cm³/mol. The zero-order valence-electron chi connectivity index (χ0n) is 20.1. The molecule has 0 aliphatic carbocycles. The summed E-state index contributed by atoms with van der Waals surface area (Å²) in [6, 6.07) is 24.8. The van der Waals surface area contributed by atoms with Crippen LogP contribution in [0.4, 0.5) is 11.4 Å². The molecule has 0 aliphatic rings. The Kier molecular flexibility index (Phi) is 10.6. The minimum Gasteiger partial charge on any atom is -0.494 e. The number of hydrogen-bond donors (Lipinski definition) is 3. The second-order valence-electron chi connectivity index (χ2n) is 8.05. The molecule has 0 radical (unpaired) electrons. The minimum absolute atomic E-state index is 0.0882. The quantitative estimate of drug-likeness (QED) is 0.299. The number of carbonyl (C=O) groups is 2. The first-order valence-electron chi connectivity index (χ1n) is 11.8. The van der Waals surface area contributed by atoms with Crippen molar-refractivity contribution < 1.29 is 19.1 Å². The summed E-state index contributed by atoms with van der Waals surface area (Å²) in [5.41, 5.74) is 3.15. The maximum absolute atomic E-state index is 12.4. The zero-order chi connectivity index (χ0) is 24.7. The Balaban J connectivity index is 1.41. The molecule has 0 unspecified atom stereocenters. The molecule has 184 valence electrons. The van der Waals surface area contributed by atoms with Crippen molar-refractivity contribution in [3.8, 4) is 5.75 Å². The normalized spacial score (nSPS) is 10.4. The Bertz CT molecular complexity index is 1070. The second kappa shape index (κ2) is 14.4. The SMILES string of the molecule is COCCCNC(=O)c1cccc(NC(=O)CNc2cccc(OCCCc3ccccc3)c2)c1. The highest BCUT2D eigenvalue weighted by Gasteiger charge is 2.08. The Morgan fingerprint density at radius 1 is 0.829 bits per heavy atom. The molecule has 0 spiro atoms. The van der Waals surface area contributed by atoms with Crippen molar-refractivity contribution in [2.45, 2.75) is 19.3 Å². The lowest BCUT2D eigenvalue weighted by atomic mass is 10.1. The maximum atomic E-state index is 12.4. The summed E-state index contributed by atoms with van der Waals surface area (Å²) in [7, 11) is 1.63. The van der Waals surface area contributed by atoms with Crippen LogP contribution in [0.25, 0.3) is 0 Å². The highest BCUT2D eigenvalue weighted by Crippen LogP contribution is 2.18. The van der Waals surface area contributed by atoms with Crippen molar-refractivity contribution >= 4 is 23.2 Å². The van der Waals surface area contributed by atoms with E-state index in [1.807, 2.05) is 42.5 Å². The molecule has 2 amide bonds. The predicted octanol–water partition coefficient (Wildman–Crippen LogP) is 4.52. The van der Waals surface area contributed by atoms with Crippen molar-refractivity contribution in [2.75, 3.05) is 44.0 Å². The number of nitrogens with one attached hydrogen (secondary N) is 3. The number of hydrogen-bond acceptors (Lipinski definition) is 5. The maximum Gasteiger partial charge on any atom is 0.251 e. The fourth-order valence-electron chi connectivity index (χ4n) is 3.45. The fraction of sp³-hybridized carbons (Fsp3) is 0.286. The fourth-order valence-corrected chi connectivity index (χ4v) is 3.45. The van der Waals surface area contributed by atoms with Gasteiger partial charge in [-0.25, -0.2) is 0 Å². The van der Waals surface area contributed by atoms with Crippen LogP contribution < -0.4 is 20.7 Å². The molecule has 0 saturated carbocycles. The van der Waals surface area contributed by atoms with Crippen LogP contribution in [0.3, 0.4) is 0 Å². The molecule has 0 atom stereocenters. The van der Waals surface area contributed by atoms with E-state index in [1.165, 1.54) is 5.56 Å². The van der Waals surface area contributed by atoms with Gasteiger partial charge in [-0.3, -0.25) is 9.59 Å². The first-order chi connectivity index (χ1) is 17.1. The first kappa shape index (κ1) is 25.8. The third-order valence-corrected chi connectivity index (χ3v) is 5.23. The molecule has 0 heterocycles. The van der Waals surface area contributed by atoms with Crippen molar-refractivity contribution in [1.82, 2.24) is 5.32 Å². The van der Waals surface area contributed by atoms with Gasteiger partial charge in [-0.15, -0.1) is 0 Å². The molecule has 3 aromatic rings. The van der Waals surface area contributed by atoms with Crippen LogP contribution in [0.1, 0.15) is 28.8 Å². The third kappa shape index (κ3) is 9.51. The lowest BCUT2D eigenvalue weighted by Gasteiger charge is -2.11. The molecule has 0 saturated heterocycles. The van der Waals surface area contributed by atoms with Gasteiger partial charge in [0.25, 0.3) is 5.91 Å². The van der Waals surface area contributed by atoms with Crippen molar-refractivity contribution in [3.05, 3.63) is 90.0 Å². The summed E-state index contributed by atoms with van der Waals surface area (Å²) >= 11 is 0. The van der Waals surface area contributed by atoms with E-state index in [-0.39, 0.29) is 18.4 Å². The summed E-state index contributed by atoms with van der Waals surface area (Å²) < 4.78 is 10.8. The van der Waals surface area contributed by atoms with Gasteiger partial charge in [-0.1, -0.05) is 42.5 Å². The Labute approximate surface area is 206 Å². The minimum atomic E-state index is -0.211. The molecule has 7 nitrogen and oxygen atoms in total. The van der Waals surface area contributed by atoms with E-state index in [0.717, 1.165) is 30.7 Å². The van der Waals surface area contributed by atoms with E-state index in [9.17, 15) is 9.59 Å². The topological polar surface area (TPSA) is 88.7 Å². The largest absolute Gasteiger partial charge is 0.494 e. The molecule has 3 rings (SSSR count). The zero-order valence-corrected chi connectivity index (χ0v) is 20.1. The van der Waals surface area contributed by atoms with E-state index >= 15 is 0 Å². The van der Waals surface area contributed by atoms with Crippen LogP contribution in [0, 0.1) is 0 Å². The van der Waals surface area contributed by atoms with Gasteiger partial charge in [0.2, 0.25) is 5.91 Å². The molecule has 0 fully saturated rings. The molecule has 3 N–H and O–H groups in total. The average Bonchev–Trinajstić information content (AvgIpc) is 2.89. The molecular weight excluding hydrogens is 442 g/mol. The number of rotatable bonds is 14. The van der Waals surface area contributed by atoms with Gasteiger partial charge in [0, 0.05) is 43.3 Å². The number of amides is 2. The van der Waals surface area contributed by atoms with Gasteiger partial charge in [0.1, 0.15) is 5.75 Å². The molecule has 3 aromatic carbocycles. The first-order valence-corrected chi connectivity index (χ1v) is 11.8. The van der Waals surface area contributed by atoms with Crippen LogP contribution in [-0.4, -0.2) is 45.2 Å². The Morgan fingerprint density at radius 3 is 2.46 bits per heavy atom. The van der Waals surface area contributed by atoms with E-state index in [1.54, 1.807) is 31.4 Å². The Hall–Kier alpha value is -3.84. The van der Waals surface area contributed by atoms with Gasteiger partial charge in [-0.2, -0.15) is 0 Å². The Morgan fingerprint density at radius 2 is 1.63 bits per heavy atom. The highest BCUT2D eigenvalue weighted by molar-refractivity contribution is 5.98. The van der Waals surface area contributed by atoms with Gasteiger partial charge in [0.15, 0.2) is 0 Å². The lowest BCUT2D eigenvalue weighted by molar-refractivity contribution is -0.114. The molecule has 0 aliphatic heterocycles. The van der Waals surface area contributed by atoms with Gasteiger partial charge in [0.05, 0.1) is 13.2 Å². The number of aryl methyl sites for hydroxylation is 1. The van der Waals surface area contributed by atoms with E-state index in [0.29, 0.717) is 31.0 Å². The summed E-state index contributed by atoms with van der Waals surface area (Å²) in [6.07, 6.45) is 2.63. The van der Waals surface area contributed by atoms with E-state index in [2.05, 4.69) is 28.1 Å². The molecule has 7 heteroatoms. The van der Waals surface area contributed by atoms with Gasteiger partial charge in [-0.05, 0) is 55.2 Å². The van der Waals surface area contributed by atoms with E-state index < -0.39 is 0 Å². The number of ether oxygens (including phenoxy) is 2. The smallest absolute Gasteiger partial charge is 0.251 e. The lowest BCUT2D eigenvalue weighted by Crippen LogP contribution is -2.25. The van der Waals surface area contributed by atoms with Crippen LogP contribution in [0.5, 0.6) is 5.75 Å².